The summed E-state index contributed by atoms with van der Waals surface area (Å²) < 4.78 is 22.0. The van der Waals surface area contributed by atoms with Crippen molar-refractivity contribution in [2.75, 3.05) is 0 Å². The third kappa shape index (κ3) is 3.48. The van der Waals surface area contributed by atoms with E-state index in [1.165, 1.54) is 24.3 Å². The first-order valence-electron chi connectivity index (χ1n) is 4.35. The highest BCUT2D eigenvalue weighted by molar-refractivity contribution is 7.92. The molecule has 0 aliphatic heterocycles. The molecule has 94 valence electrons. The van der Waals surface area contributed by atoms with Gasteiger partial charge in [-0.25, -0.2) is 8.42 Å². The van der Waals surface area contributed by atoms with Crippen LogP contribution < -0.4 is 5.32 Å². The van der Waals surface area contributed by atoms with Crippen molar-refractivity contribution in [1.82, 2.24) is 5.32 Å². The zero-order chi connectivity index (χ0) is 13.1. The van der Waals surface area contributed by atoms with Crippen LogP contribution in [0.15, 0.2) is 35.2 Å². The second kappa shape index (κ2) is 5.44. The highest BCUT2D eigenvalue weighted by Crippen LogP contribution is 2.35. The van der Waals surface area contributed by atoms with Crippen LogP contribution in [0.3, 0.4) is 0 Å². The molecular formula is C9H8Cl3NO3S. The van der Waals surface area contributed by atoms with E-state index in [4.69, 9.17) is 34.8 Å². The van der Waals surface area contributed by atoms with Crippen molar-refractivity contribution in [2.24, 2.45) is 0 Å². The minimum absolute atomic E-state index is 0.0364. The molecule has 0 spiro atoms. The smallest absolute Gasteiger partial charge is 0.225 e. The summed E-state index contributed by atoms with van der Waals surface area (Å²) in [5, 5.41) is 0.358. The van der Waals surface area contributed by atoms with Gasteiger partial charge in [0, 0.05) is 0 Å². The van der Waals surface area contributed by atoms with Crippen LogP contribution >= 0.6 is 34.8 Å². The molecule has 8 heteroatoms. The second-order valence-corrected chi connectivity index (χ2v) is 7.47. The SMILES string of the molecule is O=CN[C@@H](C(Cl)(Cl)Cl)S(=O)(=O)c1ccccc1. The van der Waals surface area contributed by atoms with Gasteiger partial charge in [-0.15, -0.1) is 0 Å². The molecule has 0 aliphatic rings. The number of nitrogens with one attached hydrogen (secondary N) is 1. The highest BCUT2D eigenvalue weighted by Gasteiger charge is 2.43. The van der Waals surface area contributed by atoms with E-state index >= 15 is 0 Å². The van der Waals surface area contributed by atoms with Crippen LogP contribution in [0.4, 0.5) is 0 Å². The monoisotopic (exact) mass is 315 g/mol. The van der Waals surface area contributed by atoms with Crippen LogP contribution in [-0.4, -0.2) is 24.0 Å². The first kappa shape index (κ1) is 14.6. The first-order valence-corrected chi connectivity index (χ1v) is 7.03. The Hall–Kier alpha value is -0.490. The minimum atomic E-state index is -3.96. The number of rotatable bonds is 4. The van der Waals surface area contributed by atoms with E-state index in [1.807, 2.05) is 5.32 Å². The maximum absolute atomic E-state index is 12.1. The van der Waals surface area contributed by atoms with Crippen molar-refractivity contribution >= 4 is 51.1 Å². The number of hydrogen-bond acceptors (Lipinski definition) is 3. The Balaban J connectivity index is 3.24. The van der Waals surface area contributed by atoms with Crippen LogP contribution in [0.1, 0.15) is 0 Å². The van der Waals surface area contributed by atoms with Crippen LogP contribution in [0, 0.1) is 0 Å². The van der Waals surface area contributed by atoms with E-state index in [9.17, 15) is 13.2 Å². The average molecular weight is 317 g/mol. The lowest BCUT2D eigenvalue weighted by atomic mass is 10.4. The molecule has 1 N–H and O–H groups in total. The number of amides is 1. The summed E-state index contributed by atoms with van der Waals surface area (Å²) in [6.45, 7) is 0. The molecule has 0 radical (unpaired) electrons. The summed E-state index contributed by atoms with van der Waals surface area (Å²) in [7, 11) is -3.96. The van der Waals surface area contributed by atoms with E-state index in [2.05, 4.69) is 0 Å². The summed E-state index contributed by atoms with van der Waals surface area (Å²) in [5.41, 5.74) is 0. The minimum Gasteiger partial charge on any atom is -0.338 e. The molecule has 1 aromatic rings. The van der Waals surface area contributed by atoms with Gasteiger partial charge in [0.25, 0.3) is 0 Å². The predicted octanol–water partition coefficient (Wildman–Crippen LogP) is 1.90. The fraction of sp³-hybridized carbons (Fsp3) is 0.222. The van der Waals surface area contributed by atoms with Gasteiger partial charge in [-0.1, -0.05) is 53.0 Å². The summed E-state index contributed by atoms with van der Waals surface area (Å²) in [6, 6.07) is 7.42. The van der Waals surface area contributed by atoms with Gasteiger partial charge in [0.2, 0.25) is 20.0 Å². The molecule has 0 bridgehead atoms. The van der Waals surface area contributed by atoms with E-state index < -0.39 is 19.0 Å². The molecule has 0 saturated carbocycles. The Morgan fingerprint density at radius 3 is 2.12 bits per heavy atom. The predicted molar refractivity (Wildman–Crippen MR) is 66.9 cm³/mol. The van der Waals surface area contributed by atoms with Crippen LogP contribution in [-0.2, 0) is 14.6 Å². The van der Waals surface area contributed by atoms with Crippen LogP contribution in [0.2, 0.25) is 0 Å². The van der Waals surface area contributed by atoms with Gasteiger partial charge in [0.05, 0.1) is 4.90 Å². The third-order valence-corrected chi connectivity index (χ3v) is 4.98. The molecule has 0 heterocycles. The molecule has 0 aliphatic carbocycles. The average Bonchev–Trinajstić information content (AvgIpc) is 2.25. The molecule has 0 unspecified atom stereocenters. The number of halogens is 3. The quantitative estimate of drug-likeness (QED) is 0.681. The number of sulfone groups is 1. The molecule has 4 nitrogen and oxygen atoms in total. The molecular weight excluding hydrogens is 309 g/mol. The van der Waals surface area contributed by atoms with Gasteiger partial charge in [0.15, 0.2) is 5.37 Å². The molecule has 1 amide bonds. The largest absolute Gasteiger partial charge is 0.338 e. The zero-order valence-corrected chi connectivity index (χ0v) is 11.4. The number of carbonyl (C=O) groups excluding carboxylic acids is 1. The van der Waals surface area contributed by atoms with Gasteiger partial charge >= 0.3 is 0 Å². The van der Waals surface area contributed by atoms with Gasteiger partial charge < -0.3 is 5.32 Å². The number of benzene rings is 1. The maximum atomic E-state index is 12.1. The number of hydrogen-bond donors (Lipinski definition) is 1. The lowest BCUT2D eigenvalue weighted by Crippen LogP contribution is -2.45. The van der Waals surface area contributed by atoms with Gasteiger partial charge in [-0.05, 0) is 12.1 Å². The molecule has 0 fully saturated rings. The molecule has 0 aromatic heterocycles. The van der Waals surface area contributed by atoms with Crippen molar-refractivity contribution in [2.45, 2.75) is 14.1 Å². The van der Waals surface area contributed by atoms with Crippen molar-refractivity contribution in [3.63, 3.8) is 0 Å². The van der Waals surface area contributed by atoms with Crippen LogP contribution in [0.25, 0.3) is 0 Å². The van der Waals surface area contributed by atoms with Gasteiger partial charge in [-0.2, -0.15) is 0 Å². The lowest BCUT2D eigenvalue weighted by molar-refractivity contribution is -0.109. The van der Waals surface area contributed by atoms with E-state index in [0.29, 0.717) is 0 Å². The Morgan fingerprint density at radius 2 is 1.71 bits per heavy atom. The zero-order valence-electron chi connectivity index (χ0n) is 8.31. The molecule has 1 rings (SSSR count). The Labute approximate surface area is 114 Å². The van der Waals surface area contributed by atoms with Crippen molar-refractivity contribution < 1.29 is 13.2 Å². The van der Waals surface area contributed by atoms with Crippen LogP contribution in [0.5, 0.6) is 0 Å². The molecule has 17 heavy (non-hydrogen) atoms. The molecule has 1 atom stereocenters. The third-order valence-electron chi connectivity index (χ3n) is 1.90. The van der Waals surface area contributed by atoms with Gasteiger partial charge in [-0.3, -0.25) is 4.79 Å². The van der Waals surface area contributed by atoms with Gasteiger partial charge in [0.1, 0.15) is 0 Å². The van der Waals surface area contributed by atoms with Crippen molar-refractivity contribution in [1.29, 1.82) is 0 Å². The van der Waals surface area contributed by atoms with Crippen molar-refractivity contribution in [3.8, 4) is 0 Å². The highest BCUT2D eigenvalue weighted by atomic mass is 35.6. The Morgan fingerprint density at radius 1 is 1.18 bits per heavy atom. The number of alkyl halides is 3. The topological polar surface area (TPSA) is 63.2 Å². The lowest BCUT2D eigenvalue weighted by Gasteiger charge is -2.23. The number of carbonyl (C=O) groups is 1. The standard InChI is InChI=1S/C9H8Cl3NO3S/c10-9(11,12)8(13-6-14)17(15,16)7-4-2-1-3-5-7/h1-6,8H,(H,13,14)/t8-/m1/s1. The second-order valence-electron chi connectivity index (χ2n) is 3.06. The molecule has 0 saturated heterocycles. The fourth-order valence-electron chi connectivity index (χ4n) is 1.17. The summed E-state index contributed by atoms with van der Waals surface area (Å²) in [6.07, 6.45) is 0.174. The summed E-state index contributed by atoms with van der Waals surface area (Å²) >= 11 is 16.6. The Kier molecular flexibility index (Phi) is 4.66. The van der Waals surface area contributed by atoms with E-state index in [1.54, 1.807) is 6.07 Å². The van der Waals surface area contributed by atoms with Crippen molar-refractivity contribution in [3.05, 3.63) is 30.3 Å². The first-order chi connectivity index (χ1) is 7.80. The Bertz CT molecular complexity index is 484. The molecule has 1 aromatic carbocycles. The summed E-state index contributed by atoms with van der Waals surface area (Å²) in [5.74, 6) is 0. The van der Waals surface area contributed by atoms with E-state index in [-0.39, 0.29) is 11.3 Å². The summed E-state index contributed by atoms with van der Waals surface area (Å²) in [4.78, 5) is 10.4. The maximum Gasteiger partial charge on any atom is 0.225 e. The fourth-order valence-corrected chi connectivity index (χ4v) is 3.81. The normalized spacial score (nSPS) is 14.1. The van der Waals surface area contributed by atoms with E-state index in [0.717, 1.165) is 0 Å².